The number of likely N-dealkylation sites (tertiary alicyclic amines) is 1. The molecular formula is C27H34ClN3O5. The third kappa shape index (κ3) is 4.55. The number of nitrogens with one attached hydrogen (secondary N) is 2. The third-order valence-electron chi connectivity index (χ3n) is 7.86. The summed E-state index contributed by atoms with van der Waals surface area (Å²) in [6, 6.07) is 6.18. The molecule has 5 rings (SSSR count). The van der Waals surface area contributed by atoms with E-state index in [4.69, 9.17) is 21.1 Å². The number of nitrogens with zero attached hydrogens (tertiary/aromatic N) is 1. The maximum absolute atomic E-state index is 13.9. The van der Waals surface area contributed by atoms with Crippen molar-refractivity contribution < 1.29 is 23.9 Å². The molecule has 5 atom stereocenters. The number of benzene rings is 1. The van der Waals surface area contributed by atoms with E-state index in [2.05, 4.69) is 10.6 Å². The number of halogens is 1. The molecule has 1 aromatic rings. The van der Waals surface area contributed by atoms with Crippen molar-refractivity contribution in [1.29, 1.82) is 0 Å². The molecule has 2 saturated heterocycles. The number of carbonyl (C=O) groups is 3. The lowest BCUT2D eigenvalue weighted by molar-refractivity contribution is -0.141. The van der Waals surface area contributed by atoms with Crippen molar-refractivity contribution in [3.63, 3.8) is 0 Å². The van der Waals surface area contributed by atoms with Crippen LogP contribution in [0, 0.1) is 11.8 Å². The minimum absolute atomic E-state index is 0.103. The zero-order valence-corrected chi connectivity index (χ0v) is 21.3. The van der Waals surface area contributed by atoms with Crippen LogP contribution in [0.15, 0.2) is 36.4 Å². The molecule has 3 fully saturated rings. The van der Waals surface area contributed by atoms with E-state index < -0.39 is 29.6 Å². The van der Waals surface area contributed by atoms with Crippen LogP contribution in [0.5, 0.6) is 0 Å². The summed E-state index contributed by atoms with van der Waals surface area (Å²) >= 11 is 6.08. The smallest absolute Gasteiger partial charge is 0.246 e. The highest BCUT2D eigenvalue weighted by atomic mass is 35.5. The van der Waals surface area contributed by atoms with E-state index in [1.165, 1.54) is 6.42 Å². The van der Waals surface area contributed by atoms with E-state index in [0.29, 0.717) is 36.9 Å². The Morgan fingerprint density at radius 3 is 2.78 bits per heavy atom. The zero-order chi connectivity index (χ0) is 25.3. The SMILES string of the molecule is CCOCCCN1C(=O)[C@H]2[C@H](C(=O)Nc3cccc(Cl)c3)[C@H]3C=C[C@@]2(O3)[C@H]1C(=O)NC1CCCCC1. The summed E-state index contributed by atoms with van der Waals surface area (Å²) in [5, 5.41) is 6.60. The maximum Gasteiger partial charge on any atom is 0.246 e. The highest BCUT2D eigenvalue weighted by Crippen LogP contribution is 2.55. The van der Waals surface area contributed by atoms with Gasteiger partial charge in [0.2, 0.25) is 17.7 Å². The van der Waals surface area contributed by atoms with Gasteiger partial charge in [0.1, 0.15) is 11.6 Å². The standard InChI is InChI=1S/C27H34ClN3O5/c1-2-35-15-7-14-31-23(25(33)29-18-9-4-3-5-10-18)27-13-12-20(36-27)21(22(27)26(31)34)24(32)30-19-11-6-8-17(28)16-19/h6,8,11-13,16,18,20-23H,2-5,7,9-10,14-15H2,1H3,(H,29,33)(H,30,32)/t20-,21-,22-,23-,27+/m1/s1. The summed E-state index contributed by atoms with van der Waals surface area (Å²) in [6.45, 7) is 3.37. The number of ether oxygens (including phenoxy) is 2. The molecule has 2 N–H and O–H groups in total. The maximum atomic E-state index is 13.9. The number of hydrogen-bond donors (Lipinski definition) is 2. The normalized spacial score (nSPS) is 31.1. The lowest BCUT2D eigenvalue weighted by atomic mass is 9.74. The number of hydrogen-bond acceptors (Lipinski definition) is 5. The van der Waals surface area contributed by atoms with Crippen molar-refractivity contribution >= 4 is 35.0 Å². The third-order valence-corrected chi connectivity index (χ3v) is 8.10. The van der Waals surface area contributed by atoms with Crippen molar-refractivity contribution in [3.05, 3.63) is 41.4 Å². The second kappa shape index (κ2) is 10.5. The molecule has 1 spiro atoms. The highest BCUT2D eigenvalue weighted by molar-refractivity contribution is 6.30. The molecule has 3 heterocycles. The van der Waals surface area contributed by atoms with Crippen LogP contribution in [-0.4, -0.2) is 66.2 Å². The Kier molecular flexibility index (Phi) is 7.37. The predicted octanol–water partition coefficient (Wildman–Crippen LogP) is 3.30. The number of carbonyl (C=O) groups excluding carboxylic acids is 3. The van der Waals surface area contributed by atoms with Crippen LogP contribution in [0.3, 0.4) is 0 Å². The molecule has 4 aliphatic rings. The van der Waals surface area contributed by atoms with Gasteiger partial charge in [0.15, 0.2) is 0 Å². The molecule has 2 bridgehead atoms. The molecule has 3 aliphatic heterocycles. The van der Waals surface area contributed by atoms with Gasteiger partial charge in [0, 0.05) is 36.5 Å². The van der Waals surface area contributed by atoms with Gasteiger partial charge in [0.05, 0.1) is 17.9 Å². The van der Waals surface area contributed by atoms with Gasteiger partial charge in [-0.2, -0.15) is 0 Å². The summed E-state index contributed by atoms with van der Waals surface area (Å²) < 4.78 is 11.9. The molecule has 9 heteroatoms. The van der Waals surface area contributed by atoms with Crippen LogP contribution in [0.1, 0.15) is 45.4 Å². The summed E-state index contributed by atoms with van der Waals surface area (Å²) in [4.78, 5) is 42.6. The second-order valence-corrected chi connectivity index (χ2v) is 10.6. The Morgan fingerprint density at radius 2 is 2.03 bits per heavy atom. The Morgan fingerprint density at radius 1 is 1.22 bits per heavy atom. The number of amides is 3. The Hall–Kier alpha value is -2.42. The van der Waals surface area contributed by atoms with Gasteiger partial charge in [-0.3, -0.25) is 14.4 Å². The van der Waals surface area contributed by atoms with Gasteiger partial charge in [0.25, 0.3) is 0 Å². The van der Waals surface area contributed by atoms with Crippen LogP contribution in [0.25, 0.3) is 0 Å². The first-order valence-electron chi connectivity index (χ1n) is 13.1. The average molecular weight is 516 g/mol. The minimum Gasteiger partial charge on any atom is -0.382 e. The quantitative estimate of drug-likeness (QED) is 0.388. The minimum atomic E-state index is -1.15. The molecule has 36 heavy (non-hydrogen) atoms. The fraction of sp³-hybridized carbons (Fsp3) is 0.593. The van der Waals surface area contributed by atoms with Gasteiger partial charge in [-0.25, -0.2) is 0 Å². The van der Waals surface area contributed by atoms with Crippen molar-refractivity contribution in [2.75, 3.05) is 25.1 Å². The van der Waals surface area contributed by atoms with Gasteiger partial charge < -0.3 is 25.0 Å². The van der Waals surface area contributed by atoms with Crippen LogP contribution >= 0.6 is 11.6 Å². The summed E-state index contributed by atoms with van der Waals surface area (Å²) in [5.41, 5.74) is -0.596. The van der Waals surface area contributed by atoms with Crippen LogP contribution in [0.2, 0.25) is 5.02 Å². The highest BCUT2D eigenvalue weighted by Gasteiger charge is 2.72. The summed E-state index contributed by atoms with van der Waals surface area (Å²) in [6.07, 6.45) is 8.95. The molecule has 0 aromatic heterocycles. The zero-order valence-electron chi connectivity index (χ0n) is 20.6. The molecule has 194 valence electrons. The Balaban J connectivity index is 1.40. The number of rotatable bonds is 9. The molecule has 1 aromatic carbocycles. The van der Waals surface area contributed by atoms with E-state index in [1.54, 1.807) is 29.2 Å². The molecule has 1 saturated carbocycles. The second-order valence-electron chi connectivity index (χ2n) is 10.1. The molecule has 3 amide bonds. The summed E-state index contributed by atoms with van der Waals surface area (Å²) in [7, 11) is 0. The lowest BCUT2D eigenvalue weighted by Crippen LogP contribution is -2.56. The monoisotopic (exact) mass is 515 g/mol. The van der Waals surface area contributed by atoms with Crippen LogP contribution < -0.4 is 10.6 Å². The summed E-state index contributed by atoms with van der Waals surface area (Å²) in [5.74, 6) is -2.22. The van der Waals surface area contributed by atoms with Gasteiger partial charge in [-0.15, -0.1) is 0 Å². The Bertz CT molecular complexity index is 1040. The van der Waals surface area contributed by atoms with Crippen molar-refractivity contribution in [1.82, 2.24) is 10.2 Å². The van der Waals surface area contributed by atoms with E-state index in [1.807, 2.05) is 19.1 Å². The van der Waals surface area contributed by atoms with Gasteiger partial charge >= 0.3 is 0 Å². The first kappa shape index (κ1) is 25.2. The van der Waals surface area contributed by atoms with Crippen molar-refractivity contribution in [3.8, 4) is 0 Å². The van der Waals surface area contributed by atoms with E-state index >= 15 is 0 Å². The molecule has 8 nitrogen and oxygen atoms in total. The van der Waals surface area contributed by atoms with E-state index in [0.717, 1.165) is 25.7 Å². The lowest BCUT2D eigenvalue weighted by Gasteiger charge is -2.34. The molecule has 1 aliphatic carbocycles. The van der Waals surface area contributed by atoms with Crippen LogP contribution in [-0.2, 0) is 23.9 Å². The Labute approximate surface area is 216 Å². The number of anilines is 1. The van der Waals surface area contributed by atoms with Gasteiger partial charge in [-0.05, 0) is 44.4 Å². The average Bonchev–Trinajstić information content (AvgIpc) is 3.50. The topological polar surface area (TPSA) is 97.0 Å². The molecular weight excluding hydrogens is 482 g/mol. The largest absolute Gasteiger partial charge is 0.382 e. The van der Waals surface area contributed by atoms with Crippen molar-refractivity contribution in [2.45, 2.75) is 69.2 Å². The fourth-order valence-corrected chi connectivity index (χ4v) is 6.50. The first-order chi connectivity index (χ1) is 17.4. The van der Waals surface area contributed by atoms with E-state index in [9.17, 15) is 14.4 Å². The predicted molar refractivity (Wildman–Crippen MR) is 135 cm³/mol. The van der Waals surface area contributed by atoms with Gasteiger partial charge in [-0.1, -0.05) is 49.1 Å². The first-order valence-corrected chi connectivity index (χ1v) is 13.4. The number of fused-ring (bicyclic) bond motifs is 1. The van der Waals surface area contributed by atoms with Crippen LogP contribution in [0.4, 0.5) is 5.69 Å². The molecule has 0 unspecified atom stereocenters. The van der Waals surface area contributed by atoms with Crippen molar-refractivity contribution in [2.24, 2.45) is 11.8 Å². The fourth-order valence-electron chi connectivity index (χ4n) is 6.31. The molecule has 0 radical (unpaired) electrons. The van der Waals surface area contributed by atoms with E-state index in [-0.39, 0.29) is 23.8 Å².